The summed E-state index contributed by atoms with van der Waals surface area (Å²) < 4.78 is 13.1. The largest absolute Gasteiger partial charge is 0.508 e. The molecule has 2 rings (SSSR count). The molecular formula is C12H17FN2O. The molecule has 1 aromatic rings. The molecule has 0 unspecified atom stereocenters. The SMILES string of the molecule is C[C@H]1CN(Cc2cc(O)cc(F)c2)CCN1. The van der Waals surface area contributed by atoms with E-state index in [2.05, 4.69) is 17.1 Å². The molecule has 4 heteroatoms. The number of nitrogens with zero attached hydrogens (tertiary/aromatic N) is 1. The molecule has 0 saturated carbocycles. The minimum atomic E-state index is -0.377. The van der Waals surface area contributed by atoms with Gasteiger partial charge in [0.1, 0.15) is 11.6 Å². The molecule has 0 spiro atoms. The first-order valence-corrected chi connectivity index (χ1v) is 5.57. The van der Waals surface area contributed by atoms with Crippen LogP contribution >= 0.6 is 0 Å². The fourth-order valence-electron chi connectivity index (χ4n) is 2.14. The van der Waals surface area contributed by atoms with Crippen molar-refractivity contribution >= 4 is 0 Å². The molecule has 0 radical (unpaired) electrons. The molecule has 1 aromatic carbocycles. The summed E-state index contributed by atoms with van der Waals surface area (Å²) in [7, 11) is 0. The van der Waals surface area contributed by atoms with Gasteiger partial charge < -0.3 is 10.4 Å². The summed E-state index contributed by atoms with van der Waals surface area (Å²) in [5.41, 5.74) is 0.826. The van der Waals surface area contributed by atoms with E-state index < -0.39 is 0 Å². The molecule has 0 aromatic heterocycles. The number of aromatic hydroxyl groups is 1. The van der Waals surface area contributed by atoms with Gasteiger partial charge in [-0.25, -0.2) is 4.39 Å². The van der Waals surface area contributed by atoms with Crippen LogP contribution in [0.25, 0.3) is 0 Å². The summed E-state index contributed by atoms with van der Waals surface area (Å²) in [5, 5.41) is 12.7. The molecule has 3 nitrogen and oxygen atoms in total. The van der Waals surface area contributed by atoms with Crippen LogP contribution in [0, 0.1) is 5.82 Å². The number of halogens is 1. The Morgan fingerprint density at radius 2 is 2.31 bits per heavy atom. The highest BCUT2D eigenvalue weighted by Gasteiger charge is 2.15. The van der Waals surface area contributed by atoms with E-state index in [9.17, 15) is 9.50 Å². The van der Waals surface area contributed by atoms with E-state index in [0.29, 0.717) is 12.6 Å². The highest BCUT2D eigenvalue weighted by Crippen LogP contribution is 2.16. The third-order valence-corrected chi connectivity index (χ3v) is 2.80. The minimum Gasteiger partial charge on any atom is -0.508 e. The first-order valence-electron chi connectivity index (χ1n) is 5.57. The van der Waals surface area contributed by atoms with E-state index in [1.807, 2.05) is 0 Å². The van der Waals surface area contributed by atoms with Crippen molar-refractivity contribution < 1.29 is 9.50 Å². The number of hydrogen-bond acceptors (Lipinski definition) is 3. The van der Waals surface area contributed by atoms with E-state index in [0.717, 1.165) is 31.3 Å². The van der Waals surface area contributed by atoms with Crippen molar-refractivity contribution in [2.45, 2.75) is 19.5 Å². The van der Waals surface area contributed by atoms with Crippen molar-refractivity contribution in [3.63, 3.8) is 0 Å². The zero-order valence-electron chi connectivity index (χ0n) is 9.41. The second kappa shape index (κ2) is 4.80. The van der Waals surface area contributed by atoms with Crippen LogP contribution in [0.5, 0.6) is 5.75 Å². The fourth-order valence-corrected chi connectivity index (χ4v) is 2.14. The van der Waals surface area contributed by atoms with Crippen LogP contribution in [0.2, 0.25) is 0 Å². The first kappa shape index (κ1) is 11.4. The summed E-state index contributed by atoms with van der Waals surface area (Å²) in [6.07, 6.45) is 0. The van der Waals surface area contributed by atoms with Gasteiger partial charge in [-0.1, -0.05) is 0 Å². The Balaban J connectivity index is 2.02. The van der Waals surface area contributed by atoms with Gasteiger partial charge in [0, 0.05) is 38.3 Å². The molecule has 1 heterocycles. The third-order valence-electron chi connectivity index (χ3n) is 2.80. The summed E-state index contributed by atoms with van der Waals surface area (Å²) in [6.45, 7) is 5.70. The number of piperazine rings is 1. The second-order valence-electron chi connectivity index (χ2n) is 4.41. The van der Waals surface area contributed by atoms with Gasteiger partial charge in [0.15, 0.2) is 0 Å². The van der Waals surface area contributed by atoms with Crippen LogP contribution in [0.1, 0.15) is 12.5 Å². The lowest BCUT2D eigenvalue weighted by atomic mass is 10.1. The molecule has 1 saturated heterocycles. The molecular weight excluding hydrogens is 207 g/mol. The average molecular weight is 224 g/mol. The Bertz CT molecular complexity index is 350. The summed E-state index contributed by atoms with van der Waals surface area (Å²) >= 11 is 0. The van der Waals surface area contributed by atoms with Crippen molar-refractivity contribution in [1.82, 2.24) is 10.2 Å². The van der Waals surface area contributed by atoms with Gasteiger partial charge in [0.2, 0.25) is 0 Å². The molecule has 1 atom stereocenters. The van der Waals surface area contributed by atoms with Gasteiger partial charge in [0.25, 0.3) is 0 Å². The number of phenolic OH excluding ortho intramolecular Hbond substituents is 1. The maximum atomic E-state index is 13.1. The molecule has 16 heavy (non-hydrogen) atoms. The van der Waals surface area contributed by atoms with Gasteiger partial charge in [-0.3, -0.25) is 4.90 Å². The van der Waals surface area contributed by atoms with Crippen molar-refractivity contribution in [3.05, 3.63) is 29.6 Å². The normalized spacial score (nSPS) is 22.2. The van der Waals surface area contributed by atoms with E-state index >= 15 is 0 Å². The van der Waals surface area contributed by atoms with Crippen LogP contribution in [0.15, 0.2) is 18.2 Å². The van der Waals surface area contributed by atoms with Crippen molar-refractivity contribution in [2.24, 2.45) is 0 Å². The lowest BCUT2D eigenvalue weighted by Crippen LogP contribution is -2.48. The van der Waals surface area contributed by atoms with Gasteiger partial charge in [-0.05, 0) is 24.6 Å². The monoisotopic (exact) mass is 224 g/mol. The van der Waals surface area contributed by atoms with Gasteiger partial charge in [-0.15, -0.1) is 0 Å². The van der Waals surface area contributed by atoms with Crippen molar-refractivity contribution in [3.8, 4) is 5.75 Å². The van der Waals surface area contributed by atoms with Gasteiger partial charge in [-0.2, -0.15) is 0 Å². The topological polar surface area (TPSA) is 35.5 Å². The summed E-state index contributed by atoms with van der Waals surface area (Å²) in [6, 6.07) is 4.70. The van der Waals surface area contributed by atoms with E-state index in [1.165, 1.54) is 6.07 Å². The van der Waals surface area contributed by atoms with Crippen LogP contribution in [0.4, 0.5) is 4.39 Å². The zero-order chi connectivity index (χ0) is 11.5. The summed E-state index contributed by atoms with van der Waals surface area (Å²) in [4.78, 5) is 2.26. The number of benzene rings is 1. The molecule has 88 valence electrons. The van der Waals surface area contributed by atoms with Gasteiger partial charge in [0.05, 0.1) is 0 Å². The molecule has 0 amide bonds. The molecule has 0 aliphatic carbocycles. The van der Waals surface area contributed by atoms with E-state index in [1.54, 1.807) is 6.07 Å². The Labute approximate surface area is 94.9 Å². The highest BCUT2D eigenvalue weighted by molar-refractivity contribution is 5.28. The third kappa shape index (κ3) is 2.93. The summed E-state index contributed by atoms with van der Waals surface area (Å²) in [5.74, 6) is -0.378. The number of phenols is 1. The molecule has 1 aliphatic rings. The maximum Gasteiger partial charge on any atom is 0.127 e. The van der Waals surface area contributed by atoms with Crippen LogP contribution in [-0.4, -0.2) is 35.7 Å². The molecule has 0 bridgehead atoms. The first-order chi connectivity index (χ1) is 7.63. The van der Waals surface area contributed by atoms with Crippen LogP contribution < -0.4 is 5.32 Å². The predicted octanol–water partition coefficient (Wildman–Crippen LogP) is 1.32. The highest BCUT2D eigenvalue weighted by atomic mass is 19.1. The Kier molecular flexibility index (Phi) is 3.41. The second-order valence-corrected chi connectivity index (χ2v) is 4.41. The minimum absolute atomic E-state index is 0.00168. The predicted molar refractivity (Wildman–Crippen MR) is 60.8 cm³/mol. The Morgan fingerprint density at radius 1 is 1.50 bits per heavy atom. The average Bonchev–Trinajstić information content (AvgIpc) is 2.15. The zero-order valence-corrected chi connectivity index (χ0v) is 9.41. The molecule has 1 aliphatic heterocycles. The van der Waals surface area contributed by atoms with E-state index in [-0.39, 0.29) is 11.6 Å². The fraction of sp³-hybridized carbons (Fsp3) is 0.500. The van der Waals surface area contributed by atoms with E-state index in [4.69, 9.17) is 0 Å². The van der Waals surface area contributed by atoms with Crippen LogP contribution in [0.3, 0.4) is 0 Å². The number of nitrogens with one attached hydrogen (secondary N) is 1. The molecule has 2 N–H and O–H groups in total. The number of rotatable bonds is 2. The van der Waals surface area contributed by atoms with Crippen LogP contribution in [-0.2, 0) is 6.54 Å². The van der Waals surface area contributed by atoms with Gasteiger partial charge >= 0.3 is 0 Å². The smallest absolute Gasteiger partial charge is 0.127 e. The lowest BCUT2D eigenvalue weighted by Gasteiger charge is -2.31. The lowest BCUT2D eigenvalue weighted by molar-refractivity contribution is 0.199. The maximum absolute atomic E-state index is 13.1. The van der Waals surface area contributed by atoms with Crippen molar-refractivity contribution in [1.29, 1.82) is 0 Å². The standard InChI is InChI=1S/C12H17FN2O/c1-9-7-15(3-2-14-9)8-10-4-11(13)6-12(16)5-10/h4-6,9,14,16H,2-3,7-8H2,1H3/t9-/m0/s1. The number of hydrogen-bond donors (Lipinski definition) is 2. The molecule has 1 fully saturated rings. The Morgan fingerprint density at radius 3 is 3.00 bits per heavy atom. The Hall–Kier alpha value is -1.13. The quantitative estimate of drug-likeness (QED) is 0.795. The van der Waals surface area contributed by atoms with Crippen molar-refractivity contribution in [2.75, 3.05) is 19.6 Å².